The fraction of sp³-hybridized carbons (Fsp3) is 0.625. The van der Waals surface area contributed by atoms with Crippen molar-refractivity contribution in [3.05, 3.63) is 33.7 Å². The molecule has 1 amide bonds. The summed E-state index contributed by atoms with van der Waals surface area (Å²) in [6, 6.07) is 3.02. The van der Waals surface area contributed by atoms with E-state index >= 15 is 0 Å². The average molecular weight is 294 g/mol. The first-order valence-corrected chi connectivity index (χ1v) is 7.49. The largest absolute Gasteiger partial charge is 0.393 e. The summed E-state index contributed by atoms with van der Waals surface area (Å²) in [5.74, 6) is 0.293. The van der Waals surface area contributed by atoms with Crippen LogP contribution >= 0.6 is 0 Å². The topological polar surface area (TPSA) is 82.2 Å². The van der Waals surface area contributed by atoms with E-state index < -0.39 is 6.10 Å². The third-order valence-corrected chi connectivity index (χ3v) is 3.29. The van der Waals surface area contributed by atoms with Gasteiger partial charge in [-0.05, 0) is 30.7 Å². The van der Waals surface area contributed by atoms with Crippen molar-refractivity contribution in [2.45, 2.75) is 46.6 Å². The van der Waals surface area contributed by atoms with Crippen molar-refractivity contribution < 1.29 is 9.90 Å². The average Bonchev–Trinajstić information content (AvgIpc) is 2.36. The lowest BCUT2D eigenvalue weighted by Gasteiger charge is -2.14. The van der Waals surface area contributed by atoms with E-state index in [4.69, 9.17) is 0 Å². The normalized spacial score (nSPS) is 12.7. The fourth-order valence-electron chi connectivity index (χ4n) is 2.05. The maximum atomic E-state index is 12.0. The Labute approximate surface area is 125 Å². The second kappa shape index (κ2) is 7.98. The highest BCUT2D eigenvalue weighted by atomic mass is 16.3. The number of aliphatic hydroxyl groups excluding tert-OH is 1. The SMILES string of the molecule is CC(C)Cc1cc(C(=O)NCCC(O)C(C)C)cc(=O)[nH]1. The molecule has 0 aliphatic heterocycles. The minimum atomic E-state index is -0.430. The molecule has 1 rings (SSSR count). The number of H-pyrrole nitrogens is 1. The van der Waals surface area contributed by atoms with Gasteiger partial charge < -0.3 is 15.4 Å². The molecule has 0 radical (unpaired) electrons. The molecule has 0 saturated heterocycles. The van der Waals surface area contributed by atoms with Crippen LogP contribution in [0.3, 0.4) is 0 Å². The Kier molecular flexibility index (Phi) is 6.62. The molecule has 0 bridgehead atoms. The van der Waals surface area contributed by atoms with Gasteiger partial charge in [0.1, 0.15) is 0 Å². The molecule has 21 heavy (non-hydrogen) atoms. The van der Waals surface area contributed by atoms with Crippen molar-refractivity contribution in [2.24, 2.45) is 11.8 Å². The van der Waals surface area contributed by atoms with E-state index in [1.54, 1.807) is 6.07 Å². The van der Waals surface area contributed by atoms with Gasteiger partial charge in [-0.15, -0.1) is 0 Å². The summed E-state index contributed by atoms with van der Waals surface area (Å²) in [7, 11) is 0. The summed E-state index contributed by atoms with van der Waals surface area (Å²) in [5, 5.41) is 12.4. The van der Waals surface area contributed by atoms with Crippen molar-refractivity contribution in [1.82, 2.24) is 10.3 Å². The van der Waals surface area contributed by atoms with Crippen molar-refractivity contribution in [3.8, 4) is 0 Å². The minimum absolute atomic E-state index is 0.166. The summed E-state index contributed by atoms with van der Waals surface area (Å²) < 4.78 is 0. The number of pyridine rings is 1. The second-order valence-corrected chi connectivity index (χ2v) is 6.21. The Morgan fingerprint density at radius 1 is 1.29 bits per heavy atom. The zero-order valence-electron chi connectivity index (χ0n) is 13.3. The van der Waals surface area contributed by atoms with Crippen LogP contribution in [-0.2, 0) is 6.42 Å². The third kappa shape index (κ3) is 6.12. The van der Waals surface area contributed by atoms with E-state index in [9.17, 15) is 14.7 Å². The van der Waals surface area contributed by atoms with E-state index in [0.717, 1.165) is 12.1 Å². The van der Waals surface area contributed by atoms with Crippen LogP contribution in [0.2, 0.25) is 0 Å². The quantitative estimate of drug-likeness (QED) is 0.716. The highest BCUT2D eigenvalue weighted by Crippen LogP contribution is 2.07. The van der Waals surface area contributed by atoms with Crippen molar-refractivity contribution in [3.63, 3.8) is 0 Å². The van der Waals surface area contributed by atoms with Gasteiger partial charge in [0.15, 0.2) is 0 Å². The van der Waals surface area contributed by atoms with Gasteiger partial charge in [0.05, 0.1) is 6.10 Å². The monoisotopic (exact) mass is 294 g/mol. The molecule has 0 saturated carbocycles. The van der Waals surface area contributed by atoms with Crippen LogP contribution in [0, 0.1) is 11.8 Å². The van der Waals surface area contributed by atoms with Crippen LogP contribution in [0.1, 0.15) is 50.2 Å². The molecule has 1 heterocycles. The van der Waals surface area contributed by atoms with Gasteiger partial charge in [-0.25, -0.2) is 0 Å². The summed E-state index contributed by atoms with van der Waals surface area (Å²) >= 11 is 0. The Morgan fingerprint density at radius 3 is 2.52 bits per heavy atom. The Hall–Kier alpha value is -1.62. The molecular weight excluding hydrogens is 268 g/mol. The molecular formula is C16H26N2O3. The number of amides is 1. The van der Waals surface area contributed by atoms with Crippen LogP contribution in [0.15, 0.2) is 16.9 Å². The fourth-order valence-corrected chi connectivity index (χ4v) is 2.05. The molecule has 118 valence electrons. The number of hydrogen-bond acceptors (Lipinski definition) is 3. The molecule has 0 aliphatic rings. The van der Waals surface area contributed by atoms with Crippen molar-refractivity contribution in [2.75, 3.05) is 6.54 Å². The maximum absolute atomic E-state index is 12.0. The molecule has 5 heteroatoms. The predicted octanol–water partition coefficient (Wildman–Crippen LogP) is 1.71. The number of aliphatic hydroxyl groups is 1. The van der Waals surface area contributed by atoms with Gasteiger partial charge in [0.2, 0.25) is 5.56 Å². The molecule has 1 aromatic heterocycles. The number of carbonyl (C=O) groups excluding carboxylic acids is 1. The van der Waals surface area contributed by atoms with E-state index in [0.29, 0.717) is 24.4 Å². The summed E-state index contributed by atoms with van der Waals surface area (Å²) in [6.07, 6.45) is 0.800. The van der Waals surface area contributed by atoms with Crippen LogP contribution in [0.5, 0.6) is 0 Å². The summed E-state index contributed by atoms with van der Waals surface area (Å²) in [6.45, 7) is 8.37. The highest BCUT2D eigenvalue weighted by Gasteiger charge is 2.12. The smallest absolute Gasteiger partial charge is 0.251 e. The van der Waals surface area contributed by atoms with Crippen LogP contribution in [0.25, 0.3) is 0 Å². The molecule has 0 aromatic carbocycles. The number of aromatic amines is 1. The van der Waals surface area contributed by atoms with Gasteiger partial charge >= 0.3 is 0 Å². The van der Waals surface area contributed by atoms with Crippen LogP contribution in [0.4, 0.5) is 0 Å². The van der Waals surface area contributed by atoms with Gasteiger partial charge in [-0.3, -0.25) is 9.59 Å². The van der Waals surface area contributed by atoms with Gasteiger partial charge in [-0.1, -0.05) is 27.7 Å². The zero-order valence-corrected chi connectivity index (χ0v) is 13.3. The second-order valence-electron chi connectivity index (χ2n) is 6.21. The zero-order chi connectivity index (χ0) is 16.0. The third-order valence-electron chi connectivity index (χ3n) is 3.29. The molecule has 1 atom stereocenters. The van der Waals surface area contributed by atoms with Gasteiger partial charge in [0, 0.05) is 23.9 Å². The highest BCUT2D eigenvalue weighted by molar-refractivity contribution is 5.94. The van der Waals surface area contributed by atoms with E-state index in [2.05, 4.69) is 24.1 Å². The molecule has 0 fully saturated rings. The van der Waals surface area contributed by atoms with Gasteiger partial charge in [-0.2, -0.15) is 0 Å². The number of nitrogens with one attached hydrogen (secondary N) is 2. The van der Waals surface area contributed by atoms with Crippen LogP contribution in [-0.4, -0.2) is 28.6 Å². The lowest BCUT2D eigenvalue weighted by molar-refractivity contribution is 0.0920. The number of aromatic nitrogens is 1. The first-order valence-electron chi connectivity index (χ1n) is 7.49. The minimum Gasteiger partial charge on any atom is -0.393 e. The summed E-state index contributed by atoms with van der Waals surface area (Å²) in [4.78, 5) is 26.4. The Morgan fingerprint density at radius 2 is 1.95 bits per heavy atom. The standard InChI is InChI=1S/C16H26N2O3/c1-10(2)7-13-8-12(9-15(20)18-13)16(21)17-6-5-14(19)11(3)4/h8-11,14,19H,5-7H2,1-4H3,(H,17,21)(H,18,20). The van der Waals surface area contributed by atoms with E-state index in [1.165, 1.54) is 6.07 Å². The van der Waals surface area contributed by atoms with Gasteiger partial charge in [0.25, 0.3) is 5.91 Å². The number of rotatable bonds is 7. The lowest BCUT2D eigenvalue weighted by Crippen LogP contribution is -2.29. The first kappa shape index (κ1) is 17.4. The van der Waals surface area contributed by atoms with Crippen molar-refractivity contribution >= 4 is 5.91 Å². The number of hydrogen-bond donors (Lipinski definition) is 3. The Bertz CT molecular complexity index is 520. The molecule has 5 nitrogen and oxygen atoms in total. The lowest BCUT2D eigenvalue weighted by atomic mass is 10.0. The van der Waals surface area contributed by atoms with Crippen LogP contribution < -0.4 is 10.9 Å². The Balaban J connectivity index is 2.65. The molecule has 1 aromatic rings. The van der Waals surface area contributed by atoms with E-state index in [1.807, 2.05) is 13.8 Å². The van der Waals surface area contributed by atoms with Crippen molar-refractivity contribution in [1.29, 1.82) is 0 Å². The summed E-state index contributed by atoms with van der Waals surface area (Å²) in [5.41, 5.74) is 0.874. The molecule has 0 spiro atoms. The molecule has 0 aliphatic carbocycles. The molecule has 1 unspecified atom stereocenters. The van der Waals surface area contributed by atoms with E-state index in [-0.39, 0.29) is 17.4 Å². The predicted molar refractivity (Wildman–Crippen MR) is 83.4 cm³/mol. The molecule has 3 N–H and O–H groups in total. The maximum Gasteiger partial charge on any atom is 0.251 e. The first-order chi connectivity index (χ1) is 9.79. The number of carbonyl (C=O) groups is 1.